The molecule has 0 spiro atoms. The highest BCUT2D eigenvalue weighted by Gasteiger charge is 2.24. The molecule has 1 saturated heterocycles. The van der Waals surface area contributed by atoms with E-state index in [-0.39, 0.29) is 11.9 Å². The van der Waals surface area contributed by atoms with E-state index in [0.717, 1.165) is 19.5 Å². The van der Waals surface area contributed by atoms with Crippen molar-refractivity contribution < 1.29 is 14.3 Å². The summed E-state index contributed by atoms with van der Waals surface area (Å²) in [4.78, 5) is 14.8. The average Bonchev–Trinajstić information content (AvgIpc) is 3.11. The quantitative estimate of drug-likeness (QED) is 0.788. The maximum absolute atomic E-state index is 12.5. The van der Waals surface area contributed by atoms with Crippen LogP contribution in [-0.2, 0) is 4.74 Å². The van der Waals surface area contributed by atoms with E-state index >= 15 is 0 Å². The van der Waals surface area contributed by atoms with Crippen LogP contribution in [-0.4, -0.2) is 45.4 Å². The minimum Gasteiger partial charge on any atom is -0.491 e. The van der Waals surface area contributed by atoms with Crippen LogP contribution in [0.25, 0.3) is 0 Å². The Balaban J connectivity index is 1.55. The van der Waals surface area contributed by atoms with Crippen LogP contribution < -0.4 is 15.0 Å². The molecule has 1 aliphatic rings. The van der Waals surface area contributed by atoms with E-state index in [2.05, 4.69) is 22.3 Å². The lowest BCUT2D eigenvalue weighted by atomic mass is 10.1. The summed E-state index contributed by atoms with van der Waals surface area (Å²) in [5.74, 6) is 0.624. The van der Waals surface area contributed by atoms with Gasteiger partial charge in [0.1, 0.15) is 12.4 Å². The highest BCUT2D eigenvalue weighted by atomic mass is 16.5. The van der Waals surface area contributed by atoms with Gasteiger partial charge >= 0.3 is 0 Å². The molecule has 0 bridgehead atoms. The molecule has 5 nitrogen and oxygen atoms in total. The number of para-hydroxylation sites is 1. The molecule has 1 fully saturated rings. The molecule has 1 N–H and O–H groups in total. The molecule has 1 aliphatic heterocycles. The molecule has 25 heavy (non-hydrogen) atoms. The molecule has 1 heterocycles. The highest BCUT2D eigenvalue weighted by molar-refractivity contribution is 5.94. The summed E-state index contributed by atoms with van der Waals surface area (Å²) in [6.45, 7) is 2.78. The zero-order valence-electron chi connectivity index (χ0n) is 14.5. The Kier molecular flexibility index (Phi) is 5.90. The summed E-state index contributed by atoms with van der Waals surface area (Å²) < 4.78 is 10.5. The fraction of sp³-hybridized carbons (Fsp3) is 0.350. The van der Waals surface area contributed by atoms with Gasteiger partial charge in [-0.2, -0.15) is 0 Å². The summed E-state index contributed by atoms with van der Waals surface area (Å²) in [6.07, 6.45) is 0.949. The maximum Gasteiger partial charge on any atom is 0.251 e. The summed E-state index contributed by atoms with van der Waals surface area (Å²) in [5.41, 5.74) is 1.82. The number of amides is 1. The molecule has 0 aromatic heterocycles. The molecule has 132 valence electrons. The number of methoxy groups -OCH3 is 1. The van der Waals surface area contributed by atoms with Gasteiger partial charge in [0.2, 0.25) is 0 Å². The van der Waals surface area contributed by atoms with Gasteiger partial charge in [-0.05, 0) is 36.8 Å². The lowest BCUT2D eigenvalue weighted by molar-refractivity contribution is 0.0939. The van der Waals surface area contributed by atoms with E-state index in [1.165, 1.54) is 5.69 Å². The molecule has 0 aliphatic carbocycles. The van der Waals surface area contributed by atoms with Crippen LogP contribution in [0.2, 0.25) is 0 Å². The second kappa shape index (κ2) is 8.53. The van der Waals surface area contributed by atoms with Crippen LogP contribution in [0.3, 0.4) is 0 Å². The van der Waals surface area contributed by atoms with Crippen LogP contribution in [0.1, 0.15) is 16.8 Å². The predicted octanol–water partition coefficient (Wildman–Crippen LogP) is 2.72. The third kappa shape index (κ3) is 4.73. The van der Waals surface area contributed by atoms with Gasteiger partial charge in [0.05, 0.1) is 6.61 Å². The number of anilines is 1. The third-order valence-electron chi connectivity index (χ3n) is 4.30. The van der Waals surface area contributed by atoms with Gasteiger partial charge in [-0.3, -0.25) is 4.79 Å². The first kappa shape index (κ1) is 17.3. The first-order valence-corrected chi connectivity index (χ1v) is 8.59. The Hall–Kier alpha value is -2.53. The minimum atomic E-state index is -0.0582. The zero-order valence-corrected chi connectivity index (χ0v) is 14.5. The molecule has 1 amide bonds. The fourth-order valence-electron chi connectivity index (χ4n) is 2.99. The van der Waals surface area contributed by atoms with Gasteiger partial charge in [-0.15, -0.1) is 0 Å². The Morgan fingerprint density at radius 3 is 2.80 bits per heavy atom. The van der Waals surface area contributed by atoms with Crippen molar-refractivity contribution >= 4 is 11.6 Å². The van der Waals surface area contributed by atoms with E-state index < -0.39 is 0 Å². The Bertz CT molecular complexity index is 690. The Morgan fingerprint density at radius 1 is 1.16 bits per heavy atom. The lowest BCUT2D eigenvalue weighted by Crippen LogP contribution is -2.37. The number of ether oxygens (including phenoxy) is 2. The molecular weight excluding hydrogens is 316 g/mol. The highest BCUT2D eigenvalue weighted by Crippen LogP contribution is 2.20. The van der Waals surface area contributed by atoms with E-state index in [1.807, 2.05) is 36.4 Å². The number of hydrogen-bond donors (Lipinski definition) is 1. The Morgan fingerprint density at radius 2 is 2.00 bits per heavy atom. The molecule has 1 atom stereocenters. The van der Waals surface area contributed by atoms with Crippen molar-refractivity contribution in [1.82, 2.24) is 5.32 Å². The zero-order chi connectivity index (χ0) is 17.5. The minimum absolute atomic E-state index is 0.0582. The number of benzene rings is 2. The van der Waals surface area contributed by atoms with Crippen LogP contribution in [0.4, 0.5) is 5.69 Å². The van der Waals surface area contributed by atoms with Crippen molar-refractivity contribution in [2.24, 2.45) is 0 Å². The third-order valence-corrected chi connectivity index (χ3v) is 4.30. The number of hydrogen-bond acceptors (Lipinski definition) is 4. The molecule has 2 aromatic carbocycles. The van der Waals surface area contributed by atoms with Gasteiger partial charge in [0, 0.05) is 37.5 Å². The normalized spacial score (nSPS) is 16.7. The van der Waals surface area contributed by atoms with Gasteiger partial charge in [-0.1, -0.05) is 24.3 Å². The first-order valence-electron chi connectivity index (χ1n) is 8.59. The SMILES string of the molecule is COCCOc1cccc(C(=O)N[C@@H]2CCN(c3ccccc3)C2)c1. The second-order valence-electron chi connectivity index (χ2n) is 6.11. The van der Waals surface area contributed by atoms with Gasteiger partial charge in [-0.25, -0.2) is 0 Å². The number of nitrogens with one attached hydrogen (secondary N) is 1. The molecule has 0 radical (unpaired) electrons. The molecule has 3 rings (SSSR count). The number of nitrogens with zero attached hydrogens (tertiary/aromatic N) is 1. The topological polar surface area (TPSA) is 50.8 Å². The first-order chi connectivity index (χ1) is 12.3. The lowest BCUT2D eigenvalue weighted by Gasteiger charge is -2.19. The smallest absolute Gasteiger partial charge is 0.251 e. The van der Waals surface area contributed by atoms with Gasteiger partial charge in [0.15, 0.2) is 0 Å². The fourth-order valence-corrected chi connectivity index (χ4v) is 2.99. The summed E-state index contributed by atoms with van der Waals surface area (Å²) in [6, 6.07) is 17.7. The van der Waals surface area contributed by atoms with Gasteiger partial charge in [0.25, 0.3) is 5.91 Å². The Labute approximate surface area is 148 Å². The molecule has 0 unspecified atom stereocenters. The predicted molar refractivity (Wildman–Crippen MR) is 98.3 cm³/mol. The van der Waals surface area contributed by atoms with Crippen molar-refractivity contribution in [1.29, 1.82) is 0 Å². The largest absolute Gasteiger partial charge is 0.491 e. The maximum atomic E-state index is 12.5. The standard InChI is InChI=1S/C20H24N2O3/c1-24-12-13-25-19-9-5-6-16(14-19)20(23)21-17-10-11-22(15-17)18-7-3-2-4-8-18/h2-9,14,17H,10-13,15H2,1H3,(H,21,23)/t17-/m1/s1. The van der Waals surface area contributed by atoms with E-state index in [4.69, 9.17) is 9.47 Å². The van der Waals surface area contributed by atoms with Crippen molar-refractivity contribution in [2.75, 3.05) is 38.3 Å². The molecule has 0 saturated carbocycles. The summed E-state index contributed by atoms with van der Waals surface area (Å²) >= 11 is 0. The average molecular weight is 340 g/mol. The monoisotopic (exact) mass is 340 g/mol. The molecular formula is C20H24N2O3. The molecule has 2 aromatic rings. The van der Waals surface area contributed by atoms with E-state index in [9.17, 15) is 4.79 Å². The number of carbonyl (C=O) groups is 1. The van der Waals surface area contributed by atoms with Crippen LogP contribution in [0, 0.1) is 0 Å². The van der Waals surface area contributed by atoms with Crippen molar-refractivity contribution in [3.8, 4) is 5.75 Å². The molecule has 5 heteroatoms. The van der Waals surface area contributed by atoms with Crippen molar-refractivity contribution in [2.45, 2.75) is 12.5 Å². The van der Waals surface area contributed by atoms with E-state index in [0.29, 0.717) is 24.5 Å². The van der Waals surface area contributed by atoms with E-state index in [1.54, 1.807) is 13.2 Å². The number of carbonyl (C=O) groups excluding carboxylic acids is 1. The van der Waals surface area contributed by atoms with Crippen LogP contribution in [0.5, 0.6) is 5.75 Å². The van der Waals surface area contributed by atoms with Crippen LogP contribution >= 0.6 is 0 Å². The summed E-state index contributed by atoms with van der Waals surface area (Å²) in [5, 5.41) is 3.13. The van der Waals surface area contributed by atoms with Crippen molar-refractivity contribution in [3.05, 3.63) is 60.2 Å². The second-order valence-corrected chi connectivity index (χ2v) is 6.11. The van der Waals surface area contributed by atoms with Gasteiger partial charge < -0.3 is 19.7 Å². The number of rotatable bonds is 7. The van der Waals surface area contributed by atoms with Crippen LogP contribution in [0.15, 0.2) is 54.6 Å². The van der Waals surface area contributed by atoms with Crippen molar-refractivity contribution in [3.63, 3.8) is 0 Å². The summed E-state index contributed by atoms with van der Waals surface area (Å²) in [7, 11) is 1.63.